The second-order valence-corrected chi connectivity index (χ2v) is 3.48. The van der Waals surface area contributed by atoms with Crippen LogP contribution in [0.2, 0.25) is 0 Å². The maximum Gasteiger partial charge on any atom is -0.0143 e. The molecule has 1 saturated carbocycles. The molecule has 0 aromatic carbocycles. The molecule has 0 nitrogen and oxygen atoms in total. The minimum absolute atomic E-state index is 0.748. The van der Waals surface area contributed by atoms with E-state index in [0.29, 0.717) is 0 Å². The Labute approximate surface area is 63.6 Å². The van der Waals surface area contributed by atoms with Crippen LogP contribution < -0.4 is 0 Å². The van der Waals surface area contributed by atoms with Crippen molar-refractivity contribution in [1.29, 1.82) is 0 Å². The van der Waals surface area contributed by atoms with Crippen molar-refractivity contribution < 1.29 is 0 Å². The van der Waals surface area contributed by atoms with Crippen LogP contribution in [-0.4, -0.2) is 0 Å². The predicted molar refractivity (Wildman–Crippen MR) is 45.8 cm³/mol. The summed E-state index contributed by atoms with van der Waals surface area (Å²) >= 11 is 0. The van der Waals surface area contributed by atoms with E-state index in [1.165, 1.54) is 24.0 Å². The zero-order valence-electron chi connectivity index (χ0n) is 6.98. The van der Waals surface area contributed by atoms with E-state index >= 15 is 0 Å². The molecule has 1 rings (SSSR count). The molecule has 1 fully saturated rings. The van der Waals surface area contributed by atoms with Crippen LogP contribution in [0, 0.1) is 11.8 Å². The van der Waals surface area contributed by atoms with Crippen LogP contribution >= 0.6 is 0 Å². The Morgan fingerprint density at radius 2 is 1.30 bits per heavy atom. The highest BCUT2D eigenvalue weighted by Crippen LogP contribution is 2.42. The van der Waals surface area contributed by atoms with Gasteiger partial charge in [-0.05, 0) is 38.5 Å². The van der Waals surface area contributed by atoms with E-state index in [2.05, 4.69) is 27.0 Å². The lowest BCUT2D eigenvalue weighted by molar-refractivity contribution is 0.257. The first-order valence-corrected chi connectivity index (χ1v) is 3.93. The van der Waals surface area contributed by atoms with Crippen LogP contribution in [0.15, 0.2) is 24.3 Å². The molecule has 0 heterocycles. The molecule has 0 heteroatoms. The average molecular weight is 136 g/mol. The van der Waals surface area contributed by atoms with Gasteiger partial charge in [-0.3, -0.25) is 0 Å². The van der Waals surface area contributed by atoms with Crippen molar-refractivity contribution in [2.24, 2.45) is 11.8 Å². The van der Waals surface area contributed by atoms with Gasteiger partial charge >= 0.3 is 0 Å². The van der Waals surface area contributed by atoms with Crippen LogP contribution in [0.5, 0.6) is 0 Å². The normalized spacial score (nSPS) is 31.0. The Balaban J connectivity index is 2.51. The number of hydrogen-bond acceptors (Lipinski definition) is 0. The van der Waals surface area contributed by atoms with Gasteiger partial charge < -0.3 is 0 Å². The van der Waals surface area contributed by atoms with Crippen molar-refractivity contribution in [3.8, 4) is 0 Å². The van der Waals surface area contributed by atoms with E-state index < -0.39 is 0 Å². The summed E-state index contributed by atoms with van der Waals surface area (Å²) in [6, 6.07) is 0. The highest BCUT2D eigenvalue weighted by Gasteiger charge is 2.31. The third-order valence-electron chi connectivity index (χ3n) is 2.54. The molecule has 0 spiro atoms. The van der Waals surface area contributed by atoms with Crippen LogP contribution in [0.25, 0.3) is 0 Å². The summed E-state index contributed by atoms with van der Waals surface area (Å²) in [5, 5.41) is 0. The summed E-state index contributed by atoms with van der Waals surface area (Å²) in [4.78, 5) is 0. The maximum absolute atomic E-state index is 3.97. The number of hydrogen-bond donors (Lipinski definition) is 0. The molecule has 0 aliphatic heterocycles. The molecule has 0 N–H and O–H groups in total. The summed E-state index contributed by atoms with van der Waals surface area (Å²) < 4.78 is 0. The second-order valence-electron chi connectivity index (χ2n) is 3.48. The second kappa shape index (κ2) is 2.61. The Morgan fingerprint density at radius 3 is 1.40 bits per heavy atom. The van der Waals surface area contributed by atoms with Crippen molar-refractivity contribution in [3.05, 3.63) is 24.3 Å². The summed E-state index contributed by atoms with van der Waals surface area (Å²) in [6.07, 6.45) is 2.65. The van der Waals surface area contributed by atoms with Crippen LogP contribution in [0.1, 0.15) is 26.7 Å². The highest BCUT2D eigenvalue weighted by atomic mass is 14.4. The summed E-state index contributed by atoms with van der Waals surface area (Å²) in [7, 11) is 0. The first-order valence-electron chi connectivity index (χ1n) is 3.93. The first kappa shape index (κ1) is 7.59. The molecule has 10 heavy (non-hydrogen) atoms. The van der Waals surface area contributed by atoms with Crippen LogP contribution in [0.3, 0.4) is 0 Å². The third kappa shape index (κ3) is 1.16. The number of allylic oxidation sites excluding steroid dienone is 2. The van der Waals surface area contributed by atoms with Gasteiger partial charge in [0.25, 0.3) is 0 Å². The molecule has 1 aliphatic carbocycles. The average Bonchev–Trinajstić information content (AvgIpc) is 1.56. The molecule has 0 unspecified atom stereocenters. The Bertz CT molecular complexity index is 145. The molecule has 0 saturated heterocycles. The van der Waals surface area contributed by atoms with Gasteiger partial charge in [0.2, 0.25) is 0 Å². The molecule has 0 aromatic rings. The van der Waals surface area contributed by atoms with Crippen LogP contribution in [0.4, 0.5) is 0 Å². The molecule has 0 amide bonds. The molecule has 0 aromatic heterocycles. The molecule has 2 atom stereocenters. The minimum atomic E-state index is 0.748. The van der Waals surface area contributed by atoms with Crippen LogP contribution in [-0.2, 0) is 0 Å². The zero-order valence-corrected chi connectivity index (χ0v) is 6.98. The van der Waals surface area contributed by atoms with E-state index in [9.17, 15) is 0 Å². The maximum atomic E-state index is 3.97. The van der Waals surface area contributed by atoms with E-state index in [1.807, 2.05) is 0 Å². The SMILES string of the molecule is C=C(C)[C@H]1CC[C@H]1C(=C)C. The predicted octanol–water partition coefficient (Wildman–Crippen LogP) is 3.16. The molecular formula is C10H16. The highest BCUT2D eigenvalue weighted by molar-refractivity contribution is 5.13. The van der Waals surface area contributed by atoms with Crippen molar-refractivity contribution in [3.63, 3.8) is 0 Å². The van der Waals surface area contributed by atoms with Crippen molar-refractivity contribution >= 4 is 0 Å². The van der Waals surface area contributed by atoms with Gasteiger partial charge in [-0.25, -0.2) is 0 Å². The fraction of sp³-hybridized carbons (Fsp3) is 0.600. The Morgan fingerprint density at radius 1 is 1.00 bits per heavy atom. The fourth-order valence-corrected chi connectivity index (χ4v) is 1.68. The summed E-state index contributed by atoms with van der Waals surface area (Å²) in [5.74, 6) is 1.50. The number of rotatable bonds is 2. The lowest BCUT2D eigenvalue weighted by atomic mass is 9.67. The summed E-state index contributed by atoms with van der Waals surface area (Å²) in [5.41, 5.74) is 2.67. The standard InChI is InChI=1S/C10H16/c1-7(2)9-5-6-10(9)8(3)4/h9-10H,1,3,5-6H2,2,4H3/t9-,10+. The Kier molecular flexibility index (Phi) is 1.98. The molecular weight excluding hydrogens is 120 g/mol. The fourth-order valence-electron chi connectivity index (χ4n) is 1.68. The topological polar surface area (TPSA) is 0 Å². The summed E-state index contributed by atoms with van der Waals surface area (Å²) in [6.45, 7) is 12.2. The van der Waals surface area contributed by atoms with Gasteiger partial charge in [0.05, 0.1) is 0 Å². The Hall–Kier alpha value is -0.520. The van der Waals surface area contributed by atoms with E-state index in [0.717, 1.165) is 11.8 Å². The first-order chi connectivity index (χ1) is 4.63. The van der Waals surface area contributed by atoms with Gasteiger partial charge in [-0.2, -0.15) is 0 Å². The molecule has 56 valence electrons. The van der Waals surface area contributed by atoms with Crippen molar-refractivity contribution in [2.75, 3.05) is 0 Å². The molecule has 0 radical (unpaired) electrons. The van der Waals surface area contributed by atoms with Crippen molar-refractivity contribution in [2.45, 2.75) is 26.7 Å². The van der Waals surface area contributed by atoms with Gasteiger partial charge in [0.1, 0.15) is 0 Å². The van der Waals surface area contributed by atoms with E-state index in [1.54, 1.807) is 0 Å². The molecule has 0 bridgehead atoms. The lowest BCUT2D eigenvalue weighted by Gasteiger charge is -2.37. The smallest absolute Gasteiger partial charge is 0.0143 e. The largest absolute Gasteiger partial charge is 0.0998 e. The minimum Gasteiger partial charge on any atom is -0.0998 e. The quantitative estimate of drug-likeness (QED) is 0.511. The molecule has 1 aliphatic rings. The monoisotopic (exact) mass is 136 g/mol. The van der Waals surface area contributed by atoms with Gasteiger partial charge in [0.15, 0.2) is 0 Å². The van der Waals surface area contributed by atoms with E-state index in [4.69, 9.17) is 0 Å². The lowest BCUT2D eigenvalue weighted by Crippen LogP contribution is -2.26. The van der Waals surface area contributed by atoms with Gasteiger partial charge in [-0.1, -0.05) is 24.3 Å². The van der Waals surface area contributed by atoms with Crippen molar-refractivity contribution in [1.82, 2.24) is 0 Å². The van der Waals surface area contributed by atoms with Gasteiger partial charge in [0, 0.05) is 0 Å². The van der Waals surface area contributed by atoms with Gasteiger partial charge in [-0.15, -0.1) is 0 Å². The third-order valence-corrected chi connectivity index (χ3v) is 2.54. The van der Waals surface area contributed by atoms with E-state index in [-0.39, 0.29) is 0 Å². The zero-order chi connectivity index (χ0) is 7.72.